The normalized spacial score (nSPS) is 11.8. The van der Waals surface area contributed by atoms with Crippen molar-refractivity contribution in [2.75, 3.05) is 13.7 Å². The van der Waals surface area contributed by atoms with Crippen molar-refractivity contribution in [1.82, 2.24) is 4.90 Å². The van der Waals surface area contributed by atoms with E-state index in [1.807, 2.05) is 0 Å². The number of amides is 1. The summed E-state index contributed by atoms with van der Waals surface area (Å²) in [6.45, 7) is 1.23. The lowest BCUT2D eigenvalue weighted by Gasteiger charge is -2.21. The summed E-state index contributed by atoms with van der Waals surface area (Å²) >= 11 is 6.62. The van der Waals surface area contributed by atoms with Crippen LogP contribution in [0.1, 0.15) is 6.92 Å². The summed E-state index contributed by atoms with van der Waals surface area (Å²) in [4.78, 5) is 23.7. The molecule has 0 saturated heterocycles. The molecule has 0 fully saturated rings. The van der Waals surface area contributed by atoms with Gasteiger partial charge in [0.2, 0.25) is 0 Å². The van der Waals surface area contributed by atoms with E-state index in [4.69, 9.17) is 9.84 Å². The second-order valence-electron chi connectivity index (χ2n) is 3.88. The second-order valence-corrected chi connectivity index (χ2v) is 5.65. The van der Waals surface area contributed by atoms with Gasteiger partial charge in [-0.2, -0.15) is 0 Å². The number of carboxylic acids is 1. The second kappa shape index (κ2) is 6.91. The molecule has 0 aliphatic heterocycles. The molecule has 0 aliphatic rings. The number of carbonyl (C=O) groups excluding carboxylic acids is 1. The molecule has 0 saturated carbocycles. The molecule has 7 heteroatoms. The van der Waals surface area contributed by atoms with Gasteiger partial charge in [0.15, 0.2) is 6.61 Å². The Kier molecular flexibility index (Phi) is 5.81. The Hall–Kier alpha value is -1.08. The number of halogens is 2. The van der Waals surface area contributed by atoms with Crippen LogP contribution < -0.4 is 4.74 Å². The van der Waals surface area contributed by atoms with Gasteiger partial charge in [-0.3, -0.25) is 4.79 Å². The van der Waals surface area contributed by atoms with E-state index >= 15 is 0 Å². The van der Waals surface area contributed by atoms with Crippen molar-refractivity contribution in [3.63, 3.8) is 0 Å². The van der Waals surface area contributed by atoms with Crippen LogP contribution in [0.4, 0.5) is 0 Å². The predicted molar refractivity (Wildman–Crippen MR) is 77.2 cm³/mol. The highest BCUT2D eigenvalue weighted by Gasteiger charge is 2.22. The number of carboxylic acid groups (broad SMARTS) is 1. The van der Waals surface area contributed by atoms with Crippen molar-refractivity contribution in [3.8, 4) is 5.75 Å². The minimum atomic E-state index is -1.05. The van der Waals surface area contributed by atoms with E-state index in [0.29, 0.717) is 10.2 Å². The first kappa shape index (κ1) is 16.0. The highest BCUT2D eigenvalue weighted by Crippen LogP contribution is 2.28. The Labute approximate surface area is 127 Å². The number of hydrogen-bond donors (Lipinski definition) is 1. The van der Waals surface area contributed by atoms with Crippen LogP contribution in [0, 0.1) is 0 Å². The molecule has 1 N–H and O–H groups in total. The first-order valence-corrected chi connectivity index (χ1v) is 6.98. The summed E-state index contributed by atoms with van der Waals surface area (Å²) in [7, 11) is 1.43. The lowest BCUT2D eigenvalue weighted by Crippen LogP contribution is -2.42. The van der Waals surface area contributed by atoms with Crippen LogP contribution in [0.25, 0.3) is 0 Å². The topological polar surface area (TPSA) is 66.8 Å². The molecule has 1 rings (SSSR count). The molecular formula is C12H13Br2NO4. The third kappa shape index (κ3) is 4.50. The zero-order valence-electron chi connectivity index (χ0n) is 10.4. The maximum atomic E-state index is 11.8. The van der Waals surface area contributed by atoms with Crippen molar-refractivity contribution in [2.45, 2.75) is 13.0 Å². The molecule has 1 aromatic carbocycles. The van der Waals surface area contributed by atoms with E-state index in [1.165, 1.54) is 14.0 Å². The van der Waals surface area contributed by atoms with Crippen LogP contribution in [0.2, 0.25) is 0 Å². The van der Waals surface area contributed by atoms with E-state index < -0.39 is 17.9 Å². The largest absolute Gasteiger partial charge is 0.483 e. The fourth-order valence-electron chi connectivity index (χ4n) is 1.22. The number of carbonyl (C=O) groups is 2. The van der Waals surface area contributed by atoms with E-state index in [-0.39, 0.29) is 6.61 Å². The molecule has 0 radical (unpaired) electrons. The van der Waals surface area contributed by atoms with E-state index in [9.17, 15) is 9.59 Å². The number of ether oxygens (including phenoxy) is 1. The summed E-state index contributed by atoms with van der Waals surface area (Å²) in [5.74, 6) is -0.932. The number of benzene rings is 1. The summed E-state index contributed by atoms with van der Waals surface area (Å²) in [6.07, 6.45) is 0. The van der Waals surface area contributed by atoms with Crippen molar-refractivity contribution < 1.29 is 19.4 Å². The Bertz CT molecular complexity index is 493. The van der Waals surface area contributed by atoms with Crippen LogP contribution in [0.3, 0.4) is 0 Å². The van der Waals surface area contributed by atoms with Crippen molar-refractivity contribution >= 4 is 43.7 Å². The van der Waals surface area contributed by atoms with Crippen LogP contribution in [0.5, 0.6) is 5.75 Å². The molecule has 0 aromatic heterocycles. The first-order valence-electron chi connectivity index (χ1n) is 5.39. The number of rotatable bonds is 5. The van der Waals surface area contributed by atoms with Gasteiger partial charge in [0.1, 0.15) is 11.8 Å². The Balaban J connectivity index is 2.61. The number of likely N-dealkylation sites (N-methyl/N-ethyl adjacent to an activating group) is 1. The lowest BCUT2D eigenvalue weighted by molar-refractivity contribution is -0.148. The standard InChI is InChI=1S/C12H13Br2NO4/c1-7(12(17)18)15(2)11(16)6-19-10-4-3-8(13)5-9(10)14/h3-5,7H,6H2,1-2H3,(H,17,18). The quantitative estimate of drug-likeness (QED) is 0.833. The minimum absolute atomic E-state index is 0.214. The molecule has 104 valence electrons. The minimum Gasteiger partial charge on any atom is -0.483 e. The van der Waals surface area contributed by atoms with Gasteiger partial charge in [0.05, 0.1) is 4.47 Å². The average Bonchev–Trinajstić information content (AvgIpc) is 2.35. The van der Waals surface area contributed by atoms with Gasteiger partial charge in [0.25, 0.3) is 5.91 Å². The number of hydrogen-bond acceptors (Lipinski definition) is 3. The molecule has 1 unspecified atom stereocenters. The molecule has 0 aliphatic carbocycles. The van der Waals surface area contributed by atoms with Crippen molar-refractivity contribution in [3.05, 3.63) is 27.1 Å². The monoisotopic (exact) mass is 393 g/mol. The number of nitrogens with zero attached hydrogens (tertiary/aromatic N) is 1. The van der Waals surface area contributed by atoms with Gasteiger partial charge in [-0.1, -0.05) is 15.9 Å². The molecule has 1 aromatic rings. The van der Waals surface area contributed by atoms with Gasteiger partial charge < -0.3 is 14.7 Å². The van der Waals surface area contributed by atoms with Crippen molar-refractivity contribution in [2.24, 2.45) is 0 Å². The molecular weight excluding hydrogens is 382 g/mol. The number of aliphatic carboxylic acids is 1. The summed E-state index contributed by atoms with van der Waals surface area (Å²) < 4.78 is 6.95. The Morgan fingerprint density at radius 3 is 2.58 bits per heavy atom. The highest BCUT2D eigenvalue weighted by molar-refractivity contribution is 9.11. The van der Waals surface area contributed by atoms with Crippen LogP contribution in [-0.2, 0) is 9.59 Å². The van der Waals surface area contributed by atoms with Crippen molar-refractivity contribution in [1.29, 1.82) is 0 Å². The average molecular weight is 395 g/mol. The van der Waals surface area contributed by atoms with Gasteiger partial charge in [-0.25, -0.2) is 4.79 Å². The van der Waals surface area contributed by atoms with E-state index in [1.54, 1.807) is 18.2 Å². The predicted octanol–water partition coefficient (Wildman–Crippen LogP) is 2.52. The zero-order chi connectivity index (χ0) is 14.6. The van der Waals surface area contributed by atoms with Crippen LogP contribution in [-0.4, -0.2) is 41.6 Å². The SMILES string of the molecule is CC(C(=O)O)N(C)C(=O)COc1ccc(Br)cc1Br. The molecule has 0 heterocycles. The summed E-state index contributed by atoms with van der Waals surface area (Å²) in [5, 5.41) is 8.81. The maximum Gasteiger partial charge on any atom is 0.326 e. The third-order valence-corrected chi connectivity index (χ3v) is 3.69. The lowest BCUT2D eigenvalue weighted by atomic mass is 10.3. The fourth-order valence-corrected chi connectivity index (χ4v) is 2.38. The zero-order valence-corrected chi connectivity index (χ0v) is 13.6. The fraction of sp³-hybridized carbons (Fsp3) is 0.333. The molecule has 1 amide bonds. The van der Waals surface area contributed by atoms with Gasteiger partial charge in [-0.05, 0) is 41.1 Å². The molecule has 1 atom stereocenters. The Morgan fingerprint density at radius 1 is 1.42 bits per heavy atom. The molecule has 0 bridgehead atoms. The van der Waals surface area contributed by atoms with E-state index in [2.05, 4.69) is 31.9 Å². The van der Waals surface area contributed by atoms with Gasteiger partial charge in [0, 0.05) is 11.5 Å². The summed E-state index contributed by atoms with van der Waals surface area (Å²) in [6, 6.07) is 4.41. The smallest absolute Gasteiger partial charge is 0.326 e. The Morgan fingerprint density at radius 2 is 2.05 bits per heavy atom. The van der Waals surface area contributed by atoms with Crippen LogP contribution in [0.15, 0.2) is 27.1 Å². The highest BCUT2D eigenvalue weighted by atomic mass is 79.9. The van der Waals surface area contributed by atoms with Gasteiger partial charge in [-0.15, -0.1) is 0 Å². The van der Waals surface area contributed by atoms with E-state index in [0.717, 1.165) is 9.37 Å². The summed E-state index contributed by atoms with van der Waals surface area (Å²) in [5.41, 5.74) is 0. The molecule has 19 heavy (non-hydrogen) atoms. The molecule has 5 nitrogen and oxygen atoms in total. The maximum absolute atomic E-state index is 11.8. The van der Waals surface area contributed by atoms with Gasteiger partial charge >= 0.3 is 5.97 Å². The van der Waals surface area contributed by atoms with Crippen LogP contribution >= 0.6 is 31.9 Å². The first-order chi connectivity index (χ1) is 8.82. The third-order valence-electron chi connectivity index (χ3n) is 2.58. The molecule has 0 spiro atoms.